The van der Waals surface area contributed by atoms with Crippen LogP contribution in [-0.2, 0) is 7.05 Å². The number of rotatable bonds is 18. The summed E-state index contributed by atoms with van der Waals surface area (Å²) in [6.45, 7) is 78.6. The highest BCUT2D eigenvalue weighted by molar-refractivity contribution is 7.18. The van der Waals surface area contributed by atoms with E-state index in [1.165, 1.54) is 126 Å². The van der Waals surface area contributed by atoms with Crippen LogP contribution >= 0.6 is 11.3 Å². The monoisotopic (exact) mass is 1790 g/mol. The van der Waals surface area contributed by atoms with E-state index in [0.717, 1.165) is 44.8 Å². The molecule has 13 heteroatoms. The van der Waals surface area contributed by atoms with Crippen molar-refractivity contribution in [3.8, 4) is 0 Å². The molecule has 11 nitrogen and oxygen atoms in total. The average Bonchev–Trinajstić information content (AvgIpc) is 1.65. The minimum Gasteiger partial charge on any atom is -0.461 e. The summed E-state index contributed by atoms with van der Waals surface area (Å²) < 4.78 is 23.5. The predicted molar refractivity (Wildman–Crippen MR) is 570 cm³/mol. The van der Waals surface area contributed by atoms with E-state index >= 15 is 0 Å². The van der Waals surface area contributed by atoms with Crippen LogP contribution in [0.1, 0.15) is 457 Å². The van der Waals surface area contributed by atoms with Crippen molar-refractivity contribution >= 4 is 87.0 Å². The van der Waals surface area contributed by atoms with Gasteiger partial charge in [0.1, 0.15) is 17.2 Å². The maximum Gasteiger partial charge on any atom is 0.151 e. The molecule has 0 amide bonds. The van der Waals surface area contributed by atoms with E-state index in [9.17, 15) is 4.39 Å². The minimum absolute atomic E-state index is 0.0903. The van der Waals surface area contributed by atoms with Crippen LogP contribution in [-0.4, -0.2) is 49.4 Å². The molecule has 0 aliphatic heterocycles. The van der Waals surface area contributed by atoms with Gasteiger partial charge in [-0.25, -0.2) is 19.3 Å². The molecule has 6 aromatic carbocycles. The third kappa shape index (κ3) is 29.4. The number of halogens is 1. The Morgan fingerprint density at radius 1 is 0.321 bits per heavy atom. The molecule has 0 saturated heterocycles. The number of benzene rings is 6. The number of pyridine rings is 2. The lowest BCUT2D eigenvalue weighted by Crippen LogP contribution is -1.99. The molecule has 16 rings (SSSR count). The Morgan fingerprint density at radius 2 is 0.779 bits per heavy atom. The fourth-order valence-corrected chi connectivity index (χ4v) is 16.1. The van der Waals surface area contributed by atoms with E-state index < -0.39 is 0 Å². The van der Waals surface area contributed by atoms with Crippen LogP contribution in [0.25, 0.3) is 75.7 Å². The first kappa shape index (κ1) is 106. The summed E-state index contributed by atoms with van der Waals surface area (Å²) in [5.74, 6) is 11.3. The number of hydrogen-bond donors (Lipinski definition) is 4. The van der Waals surface area contributed by atoms with Gasteiger partial charge in [-0.1, -0.05) is 292 Å². The number of fused-ring (bicyclic) bond motifs is 7. The van der Waals surface area contributed by atoms with E-state index in [0.29, 0.717) is 106 Å². The number of aromatic nitrogens is 10. The SMILES string of the molecule is CC(C)c1cc2cc(C(C)C)[nH]c2cn1.CC(C)c1ccc(C(C)C)nc1.CC(C)c1ccc2[nH]c(C(C)C)c(F)c2c1.CC(C)c1ccc2[nH]c(C(C)C)cc2c1.CC(C)c1ccc2[nH]cc(C(C)C)c2c1.CC(C)c1ccc2c(c1)cc(C(C)C)n2C.CC(C)c1ccc2oc(C(C)C)cc2c1.CC(C)c1ccc2sc(C(C)C)nc2c1.CC(C)c1cnc(C(C)C)nc1. The molecule has 10 aromatic heterocycles. The molecule has 0 spiro atoms. The molecular formula is C118H163FN10OS. The highest BCUT2D eigenvalue weighted by Gasteiger charge is 2.19. The van der Waals surface area contributed by atoms with Crippen LogP contribution in [0.4, 0.5) is 4.39 Å². The Labute approximate surface area is 792 Å². The number of hydrogen-bond acceptors (Lipinski definition) is 7. The van der Waals surface area contributed by atoms with Crippen LogP contribution in [0.2, 0.25) is 0 Å². The van der Waals surface area contributed by atoms with Crippen LogP contribution in [0.3, 0.4) is 0 Å². The Kier molecular flexibility index (Phi) is 39.2. The second kappa shape index (κ2) is 48.4. The molecule has 704 valence electrons. The Hall–Kier alpha value is -10.2. The number of thiazole rings is 1. The van der Waals surface area contributed by atoms with Gasteiger partial charge in [-0.15, -0.1) is 11.3 Å². The molecule has 0 fully saturated rings. The van der Waals surface area contributed by atoms with Crippen LogP contribution in [0, 0.1) is 5.82 Å². The second-order valence-electron chi connectivity index (χ2n) is 41.5. The zero-order valence-corrected chi connectivity index (χ0v) is 87.9. The van der Waals surface area contributed by atoms with Gasteiger partial charge in [0.2, 0.25) is 0 Å². The Bertz CT molecular complexity index is 5680. The molecule has 0 atom stereocenters. The molecule has 16 aromatic rings. The molecule has 10 heterocycles. The topological polar surface area (TPSA) is 146 Å². The molecule has 0 unspecified atom stereocenters. The summed E-state index contributed by atoms with van der Waals surface area (Å²) in [5, 5.41) is 8.56. The summed E-state index contributed by atoms with van der Waals surface area (Å²) in [6.07, 6.45) is 9.91. The van der Waals surface area contributed by atoms with E-state index in [1.807, 2.05) is 62.1 Å². The smallest absolute Gasteiger partial charge is 0.151 e. The average molecular weight is 1790 g/mol. The first-order valence-corrected chi connectivity index (χ1v) is 49.8. The lowest BCUT2D eigenvalue weighted by Gasteiger charge is -2.07. The quantitative estimate of drug-likeness (QED) is 0.0673. The largest absolute Gasteiger partial charge is 0.461 e. The summed E-state index contributed by atoms with van der Waals surface area (Å²) in [5.41, 5.74) is 27.3. The molecule has 4 N–H and O–H groups in total. The van der Waals surface area contributed by atoms with Crippen LogP contribution in [0.15, 0.2) is 187 Å². The molecule has 0 saturated carbocycles. The molecule has 0 aliphatic carbocycles. The summed E-state index contributed by atoms with van der Waals surface area (Å²) in [6, 6.07) is 54.8. The second-order valence-corrected chi connectivity index (χ2v) is 42.6. The van der Waals surface area contributed by atoms with E-state index in [2.05, 4.69) is 438 Å². The van der Waals surface area contributed by atoms with Gasteiger partial charge in [0.05, 0.1) is 32.6 Å². The molecule has 0 radical (unpaired) electrons. The van der Waals surface area contributed by atoms with Crippen molar-refractivity contribution in [1.29, 1.82) is 0 Å². The predicted octanol–water partition coefficient (Wildman–Crippen LogP) is 36.9. The highest BCUT2D eigenvalue weighted by Crippen LogP contribution is 2.36. The van der Waals surface area contributed by atoms with Gasteiger partial charge in [0.15, 0.2) is 5.82 Å². The lowest BCUT2D eigenvalue weighted by atomic mass is 9.97. The van der Waals surface area contributed by atoms with Crippen molar-refractivity contribution in [3.05, 3.63) is 289 Å². The zero-order valence-electron chi connectivity index (χ0n) is 87.1. The zero-order chi connectivity index (χ0) is 97.0. The third-order valence-corrected chi connectivity index (χ3v) is 25.8. The minimum atomic E-state index is -0.0903. The number of furan rings is 1. The van der Waals surface area contributed by atoms with Crippen molar-refractivity contribution in [2.45, 2.75) is 356 Å². The highest BCUT2D eigenvalue weighted by atomic mass is 32.1. The first-order chi connectivity index (χ1) is 61.6. The maximum atomic E-state index is 14.1. The van der Waals surface area contributed by atoms with Gasteiger partial charge in [-0.2, -0.15) is 0 Å². The lowest BCUT2D eigenvalue weighted by molar-refractivity contribution is 0.521. The third-order valence-electron chi connectivity index (χ3n) is 24.5. The molecule has 0 bridgehead atoms. The molecule has 0 aliphatic rings. The fourth-order valence-electron chi connectivity index (χ4n) is 15.1. The summed E-state index contributed by atoms with van der Waals surface area (Å²) >= 11 is 1.81. The number of H-pyrrole nitrogens is 4. The van der Waals surface area contributed by atoms with Crippen molar-refractivity contribution in [2.24, 2.45) is 7.05 Å². The Balaban J connectivity index is 0.000000182. The van der Waals surface area contributed by atoms with E-state index in [1.54, 1.807) is 0 Å². The van der Waals surface area contributed by atoms with Gasteiger partial charge >= 0.3 is 0 Å². The van der Waals surface area contributed by atoms with Crippen molar-refractivity contribution < 1.29 is 8.81 Å². The number of nitrogens with one attached hydrogen (secondary N) is 4. The van der Waals surface area contributed by atoms with Crippen LogP contribution in [0.5, 0.6) is 0 Å². The summed E-state index contributed by atoms with van der Waals surface area (Å²) in [4.78, 5) is 35.4. The fraction of sp³-hybridized carbons (Fsp3) is 0.466. The standard InChI is InChI=1S/C15H21N.C14H18FN.2C14H19N.C14H18O.C13H18N2.C13H17NS.C11H17N.C10H16N2/c1-10(2)12-6-7-14-13(8-12)9-15(11(3)4)16(14)5;1-8(2)10-5-6-12-11(7-10)13(15)14(16-12)9(3)4;1-9(2)11-5-6-14-12(7-11)13(8-15-14)10(3)4;2*1-9(2)11-5-6-13-12(7-11)8-14(15-13)10(3)4;1-8(2)11-5-10-6-12(9(3)4)15-13(10)7-14-11;1-8(2)10-5-6-12-11(7-10)14-13(15-12)9(3)4;1-8(2)10-5-6-11(9(3)4)12-7-10;1-7(2)9-5-11-10(8(3)4)12-6-9/h6-11H,1-5H3;5-9,16H,1-4H3;2*5-10,15H,1-4H3;5-10H,1-4H3;5-9,15H,1-4H3;5-9H,1-4H3;5-9H,1-4H3;5-8H,1-4H3. The maximum absolute atomic E-state index is 14.1. The van der Waals surface area contributed by atoms with Gasteiger partial charge in [-0.05, 0) is 253 Å². The number of aryl methyl sites for hydroxylation is 1. The van der Waals surface area contributed by atoms with Gasteiger partial charge < -0.3 is 28.9 Å². The van der Waals surface area contributed by atoms with Gasteiger partial charge in [0, 0.05) is 127 Å². The van der Waals surface area contributed by atoms with Crippen LogP contribution < -0.4 is 0 Å². The van der Waals surface area contributed by atoms with Crippen molar-refractivity contribution in [3.63, 3.8) is 0 Å². The number of aromatic amines is 4. The molecule has 131 heavy (non-hydrogen) atoms. The molecular weight excluding hydrogens is 1620 g/mol. The van der Waals surface area contributed by atoms with E-state index in [4.69, 9.17) is 4.42 Å². The first-order valence-electron chi connectivity index (χ1n) is 49.0. The normalized spacial score (nSPS) is 11.8. The van der Waals surface area contributed by atoms with Crippen molar-refractivity contribution in [1.82, 2.24) is 49.4 Å². The summed E-state index contributed by atoms with van der Waals surface area (Å²) in [7, 11) is 2.16. The van der Waals surface area contributed by atoms with Gasteiger partial charge in [-0.3, -0.25) is 9.97 Å². The van der Waals surface area contributed by atoms with Gasteiger partial charge in [0.25, 0.3) is 0 Å². The number of nitrogens with zero attached hydrogens (tertiary/aromatic N) is 6. The van der Waals surface area contributed by atoms with E-state index in [-0.39, 0.29) is 11.7 Å². The van der Waals surface area contributed by atoms with Crippen molar-refractivity contribution in [2.75, 3.05) is 0 Å². The Morgan fingerprint density at radius 3 is 1.27 bits per heavy atom.